The van der Waals surface area contributed by atoms with Crippen LogP contribution >= 0.6 is 22.9 Å². The second-order valence-corrected chi connectivity index (χ2v) is 5.58. The van der Waals surface area contributed by atoms with E-state index in [4.69, 9.17) is 17.3 Å². The summed E-state index contributed by atoms with van der Waals surface area (Å²) in [5, 5.41) is 5.75. The smallest absolute Gasteiger partial charge is 0.239 e. The third kappa shape index (κ3) is 3.80. The summed E-state index contributed by atoms with van der Waals surface area (Å²) in [5.74, 6) is -0.417. The first kappa shape index (κ1) is 14.1. The van der Waals surface area contributed by atoms with Gasteiger partial charge >= 0.3 is 0 Å². The molecule has 1 aromatic carbocycles. The summed E-state index contributed by atoms with van der Waals surface area (Å²) in [5.41, 5.74) is 6.16. The van der Waals surface area contributed by atoms with Crippen molar-refractivity contribution < 1.29 is 4.79 Å². The molecule has 1 atom stereocenters. The molecule has 3 nitrogen and oxygen atoms in total. The Morgan fingerprint density at radius 2 is 2.11 bits per heavy atom. The summed E-state index contributed by atoms with van der Waals surface area (Å²) in [6, 6.07) is 10.8. The van der Waals surface area contributed by atoms with Crippen LogP contribution in [-0.2, 0) is 11.2 Å². The molecule has 0 radical (unpaired) electrons. The van der Waals surface area contributed by atoms with Gasteiger partial charge in [-0.1, -0.05) is 35.9 Å². The number of carbonyl (C=O) groups is 1. The largest absolute Gasteiger partial charge is 0.368 e. The van der Waals surface area contributed by atoms with Crippen molar-refractivity contribution in [3.8, 4) is 0 Å². The molecule has 0 spiro atoms. The van der Waals surface area contributed by atoms with Crippen LogP contribution in [0.5, 0.6) is 0 Å². The van der Waals surface area contributed by atoms with Crippen LogP contribution in [0.1, 0.15) is 16.5 Å². The number of benzene rings is 1. The molecule has 0 aliphatic heterocycles. The summed E-state index contributed by atoms with van der Waals surface area (Å²) in [7, 11) is 0. The van der Waals surface area contributed by atoms with Gasteiger partial charge < -0.3 is 11.1 Å². The quantitative estimate of drug-likeness (QED) is 0.861. The highest BCUT2D eigenvalue weighted by atomic mass is 35.5. The predicted octanol–water partition coefficient (Wildman–Crippen LogP) is 2.76. The lowest BCUT2D eigenvalue weighted by Gasteiger charge is -2.16. The molecule has 0 saturated heterocycles. The monoisotopic (exact) mass is 294 g/mol. The molecule has 1 heterocycles. The van der Waals surface area contributed by atoms with Gasteiger partial charge in [-0.3, -0.25) is 4.79 Å². The van der Waals surface area contributed by atoms with Gasteiger partial charge in [-0.05, 0) is 29.5 Å². The summed E-state index contributed by atoms with van der Waals surface area (Å²) in [6.45, 7) is 0.680. The summed E-state index contributed by atoms with van der Waals surface area (Å²) < 4.78 is 0. The number of nitrogens with one attached hydrogen (secondary N) is 1. The summed E-state index contributed by atoms with van der Waals surface area (Å²) in [4.78, 5) is 12.8. The number of rotatable bonds is 6. The molecule has 0 aliphatic rings. The van der Waals surface area contributed by atoms with Crippen LogP contribution in [0.25, 0.3) is 0 Å². The molecular formula is C14H15ClN2OS. The Bertz CT molecular complexity index is 542. The van der Waals surface area contributed by atoms with Gasteiger partial charge in [0.15, 0.2) is 0 Å². The minimum atomic E-state index is -0.548. The Balaban J connectivity index is 2.01. The number of hydrogen-bond acceptors (Lipinski definition) is 3. The van der Waals surface area contributed by atoms with Crippen molar-refractivity contribution in [3.05, 3.63) is 57.2 Å². The van der Waals surface area contributed by atoms with E-state index in [1.54, 1.807) is 17.4 Å². The highest BCUT2D eigenvalue weighted by Crippen LogP contribution is 2.22. The molecule has 0 saturated carbocycles. The lowest BCUT2D eigenvalue weighted by Crippen LogP contribution is -2.34. The van der Waals surface area contributed by atoms with Crippen molar-refractivity contribution in [3.63, 3.8) is 0 Å². The maximum Gasteiger partial charge on any atom is 0.239 e. The first-order valence-electron chi connectivity index (χ1n) is 5.98. The van der Waals surface area contributed by atoms with E-state index in [0.29, 0.717) is 11.6 Å². The number of primary amides is 1. The first-order chi connectivity index (χ1) is 9.18. The third-order valence-electron chi connectivity index (χ3n) is 2.80. The zero-order valence-electron chi connectivity index (χ0n) is 10.3. The van der Waals surface area contributed by atoms with Crippen molar-refractivity contribution in [1.29, 1.82) is 0 Å². The van der Waals surface area contributed by atoms with E-state index < -0.39 is 11.9 Å². The molecule has 19 heavy (non-hydrogen) atoms. The fraction of sp³-hybridized carbons (Fsp3) is 0.214. The average Bonchev–Trinajstić information content (AvgIpc) is 2.89. The van der Waals surface area contributed by atoms with Crippen LogP contribution in [0.4, 0.5) is 0 Å². The molecule has 2 rings (SSSR count). The Labute approximate surface area is 121 Å². The van der Waals surface area contributed by atoms with E-state index >= 15 is 0 Å². The predicted molar refractivity (Wildman–Crippen MR) is 79.4 cm³/mol. The van der Waals surface area contributed by atoms with Gasteiger partial charge in [-0.2, -0.15) is 0 Å². The van der Waals surface area contributed by atoms with E-state index in [0.717, 1.165) is 12.0 Å². The van der Waals surface area contributed by atoms with E-state index in [1.807, 2.05) is 29.6 Å². The van der Waals surface area contributed by atoms with Gasteiger partial charge in [0, 0.05) is 16.4 Å². The van der Waals surface area contributed by atoms with E-state index in [-0.39, 0.29) is 0 Å². The molecule has 5 heteroatoms. The lowest BCUT2D eigenvalue weighted by molar-refractivity contribution is -0.120. The first-order valence-corrected chi connectivity index (χ1v) is 7.24. The molecule has 100 valence electrons. The van der Waals surface area contributed by atoms with Gasteiger partial charge in [0.1, 0.15) is 6.04 Å². The van der Waals surface area contributed by atoms with Crippen molar-refractivity contribution in [1.82, 2.24) is 5.32 Å². The Hall–Kier alpha value is -1.36. The number of thiophene rings is 1. The number of nitrogens with two attached hydrogens (primary N) is 1. The highest BCUT2D eigenvalue weighted by Gasteiger charge is 2.19. The number of carbonyl (C=O) groups excluding carboxylic acids is 1. The van der Waals surface area contributed by atoms with Gasteiger partial charge in [0.05, 0.1) is 0 Å². The van der Waals surface area contributed by atoms with Gasteiger partial charge in [-0.15, -0.1) is 11.3 Å². The van der Waals surface area contributed by atoms with Gasteiger partial charge in [-0.25, -0.2) is 0 Å². The SMILES string of the molecule is NC(=O)[C@H](NCCc1cccs1)c1ccccc1Cl. The van der Waals surface area contributed by atoms with Crippen LogP contribution in [0.15, 0.2) is 41.8 Å². The second kappa shape index (κ2) is 6.70. The Morgan fingerprint density at radius 3 is 2.74 bits per heavy atom. The van der Waals surface area contributed by atoms with E-state index in [9.17, 15) is 4.79 Å². The van der Waals surface area contributed by atoms with Crippen LogP contribution in [0, 0.1) is 0 Å². The molecule has 1 aromatic heterocycles. The van der Waals surface area contributed by atoms with Crippen LogP contribution in [-0.4, -0.2) is 12.5 Å². The van der Waals surface area contributed by atoms with Crippen LogP contribution in [0.2, 0.25) is 5.02 Å². The second-order valence-electron chi connectivity index (χ2n) is 4.14. The average molecular weight is 295 g/mol. The topological polar surface area (TPSA) is 55.1 Å². The third-order valence-corrected chi connectivity index (χ3v) is 4.08. The maximum absolute atomic E-state index is 11.5. The van der Waals surface area contributed by atoms with Gasteiger partial charge in [0.2, 0.25) is 5.91 Å². The standard InChI is InChI=1S/C14H15ClN2OS/c15-12-6-2-1-5-11(12)13(14(16)18)17-8-7-10-4-3-9-19-10/h1-6,9,13,17H,7-8H2,(H2,16,18)/t13-/m1/s1. The van der Waals surface area contributed by atoms with Crippen molar-refractivity contribution >= 4 is 28.8 Å². The minimum absolute atomic E-state index is 0.417. The van der Waals surface area contributed by atoms with E-state index in [2.05, 4.69) is 11.4 Å². The van der Waals surface area contributed by atoms with E-state index in [1.165, 1.54) is 4.88 Å². The zero-order valence-corrected chi connectivity index (χ0v) is 11.9. The Kier molecular flexibility index (Phi) is 4.96. The minimum Gasteiger partial charge on any atom is -0.368 e. The molecule has 0 aliphatic carbocycles. The molecule has 2 aromatic rings. The fourth-order valence-electron chi connectivity index (χ4n) is 1.87. The molecule has 1 amide bonds. The number of hydrogen-bond donors (Lipinski definition) is 2. The van der Waals surface area contributed by atoms with Crippen molar-refractivity contribution in [2.75, 3.05) is 6.54 Å². The molecule has 0 unspecified atom stereocenters. The Morgan fingerprint density at radius 1 is 1.32 bits per heavy atom. The summed E-state index contributed by atoms with van der Waals surface area (Å²) in [6.07, 6.45) is 0.867. The maximum atomic E-state index is 11.5. The molecule has 3 N–H and O–H groups in total. The number of halogens is 1. The van der Waals surface area contributed by atoms with Crippen LogP contribution < -0.4 is 11.1 Å². The normalized spacial score (nSPS) is 12.3. The summed E-state index contributed by atoms with van der Waals surface area (Å²) >= 11 is 7.80. The van der Waals surface area contributed by atoms with Crippen LogP contribution in [0.3, 0.4) is 0 Å². The molecule has 0 fully saturated rings. The zero-order chi connectivity index (χ0) is 13.7. The highest BCUT2D eigenvalue weighted by molar-refractivity contribution is 7.09. The fourth-order valence-corrected chi connectivity index (χ4v) is 2.82. The molecule has 0 bridgehead atoms. The van der Waals surface area contributed by atoms with Crippen molar-refractivity contribution in [2.24, 2.45) is 5.73 Å². The lowest BCUT2D eigenvalue weighted by atomic mass is 10.1. The van der Waals surface area contributed by atoms with Gasteiger partial charge in [0.25, 0.3) is 0 Å². The molecular weight excluding hydrogens is 280 g/mol. The number of amides is 1. The van der Waals surface area contributed by atoms with Crippen molar-refractivity contribution in [2.45, 2.75) is 12.5 Å².